The molecule has 1 N–H and O–H groups in total. The second kappa shape index (κ2) is 3.98. The van der Waals surface area contributed by atoms with Gasteiger partial charge in [0, 0.05) is 6.07 Å². The average Bonchev–Trinajstić information content (AvgIpc) is 2.62. The lowest BCUT2D eigenvalue weighted by molar-refractivity contribution is 0.0690. The van der Waals surface area contributed by atoms with Crippen LogP contribution in [-0.4, -0.2) is 20.9 Å². The van der Waals surface area contributed by atoms with Gasteiger partial charge >= 0.3 is 5.97 Å². The Hall–Kier alpha value is -1.81. The van der Waals surface area contributed by atoms with Gasteiger partial charge in [-0.2, -0.15) is 5.10 Å². The van der Waals surface area contributed by atoms with Gasteiger partial charge < -0.3 is 5.11 Å². The topological polar surface area (TPSA) is 55.1 Å². The highest BCUT2D eigenvalue weighted by molar-refractivity contribution is 6.30. The number of aromatic carboxylic acids is 1. The maximum absolute atomic E-state index is 10.7. The zero-order valence-electron chi connectivity index (χ0n) is 8.51. The molecule has 1 aromatic carbocycles. The van der Waals surface area contributed by atoms with Crippen LogP contribution in [0.3, 0.4) is 0 Å². The van der Waals surface area contributed by atoms with Crippen LogP contribution in [0.5, 0.6) is 0 Å². The highest BCUT2D eigenvalue weighted by Crippen LogP contribution is 2.17. The van der Waals surface area contributed by atoms with Crippen molar-refractivity contribution in [3.05, 3.63) is 46.7 Å². The third kappa shape index (κ3) is 1.92. The Morgan fingerprint density at radius 2 is 2.00 bits per heavy atom. The Kier molecular flexibility index (Phi) is 2.66. The predicted molar refractivity (Wildman–Crippen MR) is 60.3 cm³/mol. The summed E-state index contributed by atoms with van der Waals surface area (Å²) >= 11 is 5.90. The Bertz CT molecular complexity index is 531. The maximum Gasteiger partial charge on any atom is 0.356 e. The van der Waals surface area contributed by atoms with E-state index in [9.17, 15) is 4.79 Å². The molecule has 0 atom stereocenters. The molecule has 0 amide bonds. The van der Waals surface area contributed by atoms with E-state index in [1.807, 2.05) is 31.2 Å². The van der Waals surface area contributed by atoms with Gasteiger partial charge in [-0.15, -0.1) is 0 Å². The van der Waals surface area contributed by atoms with Crippen molar-refractivity contribution in [1.82, 2.24) is 9.78 Å². The van der Waals surface area contributed by atoms with Crippen molar-refractivity contribution < 1.29 is 9.90 Å². The van der Waals surface area contributed by atoms with Crippen molar-refractivity contribution in [2.45, 2.75) is 6.92 Å². The molecule has 0 radical (unpaired) electrons. The lowest BCUT2D eigenvalue weighted by Crippen LogP contribution is -2.01. The van der Waals surface area contributed by atoms with Crippen LogP contribution >= 0.6 is 11.6 Å². The fraction of sp³-hybridized carbons (Fsp3) is 0.0909. The van der Waals surface area contributed by atoms with Gasteiger partial charge in [0.2, 0.25) is 0 Å². The Balaban J connectivity index is 2.47. The fourth-order valence-electron chi connectivity index (χ4n) is 1.33. The number of carboxylic acid groups (broad SMARTS) is 1. The van der Waals surface area contributed by atoms with Crippen LogP contribution in [0.2, 0.25) is 5.15 Å². The second-order valence-electron chi connectivity index (χ2n) is 3.40. The first-order valence-corrected chi connectivity index (χ1v) is 5.01. The molecule has 1 heterocycles. The zero-order chi connectivity index (χ0) is 11.7. The number of benzene rings is 1. The normalized spacial score (nSPS) is 10.4. The van der Waals surface area contributed by atoms with Gasteiger partial charge in [-0.25, -0.2) is 9.48 Å². The minimum Gasteiger partial charge on any atom is -0.476 e. The second-order valence-corrected chi connectivity index (χ2v) is 3.79. The smallest absolute Gasteiger partial charge is 0.356 e. The predicted octanol–water partition coefficient (Wildman–Crippen LogP) is 2.53. The Labute approximate surface area is 97.1 Å². The lowest BCUT2D eigenvalue weighted by atomic mass is 10.2. The number of hydrogen-bond acceptors (Lipinski definition) is 2. The van der Waals surface area contributed by atoms with Crippen molar-refractivity contribution in [2.24, 2.45) is 0 Å². The largest absolute Gasteiger partial charge is 0.476 e. The van der Waals surface area contributed by atoms with Crippen LogP contribution in [0.25, 0.3) is 5.69 Å². The molecule has 1 aromatic heterocycles. The number of halogens is 1. The summed E-state index contributed by atoms with van der Waals surface area (Å²) in [6, 6.07) is 8.81. The van der Waals surface area contributed by atoms with Crippen LogP contribution in [0, 0.1) is 6.92 Å². The fourth-order valence-corrected chi connectivity index (χ4v) is 1.57. The number of carbonyl (C=O) groups is 1. The van der Waals surface area contributed by atoms with E-state index in [0.717, 1.165) is 11.3 Å². The number of aromatic nitrogens is 2. The molecule has 0 aliphatic rings. The maximum atomic E-state index is 10.7. The average molecular weight is 237 g/mol. The summed E-state index contributed by atoms with van der Waals surface area (Å²) in [4.78, 5) is 10.7. The van der Waals surface area contributed by atoms with Crippen molar-refractivity contribution in [3.8, 4) is 5.69 Å². The van der Waals surface area contributed by atoms with Crippen LogP contribution in [0.1, 0.15) is 16.1 Å². The molecule has 4 nitrogen and oxygen atoms in total. The van der Waals surface area contributed by atoms with E-state index in [4.69, 9.17) is 16.7 Å². The van der Waals surface area contributed by atoms with E-state index in [1.54, 1.807) is 0 Å². The molecular weight excluding hydrogens is 228 g/mol. The molecule has 0 unspecified atom stereocenters. The molecular formula is C11H9ClN2O2. The van der Waals surface area contributed by atoms with Crippen molar-refractivity contribution in [2.75, 3.05) is 0 Å². The molecule has 2 aromatic rings. The van der Waals surface area contributed by atoms with E-state index in [2.05, 4.69) is 5.10 Å². The molecule has 2 rings (SSSR count). The van der Waals surface area contributed by atoms with Crippen molar-refractivity contribution >= 4 is 17.6 Å². The van der Waals surface area contributed by atoms with Gasteiger partial charge in [0.05, 0.1) is 5.69 Å². The standard InChI is InChI=1S/C11H9ClN2O2/c1-7-2-4-8(5-3-7)14-10(12)6-9(13-14)11(15)16/h2-6H,1H3,(H,15,16). The first kappa shape index (κ1) is 10.7. The lowest BCUT2D eigenvalue weighted by Gasteiger charge is -2.02. The number of carboxylic acids is 1. The third-order valence-corrected chi connectivity index (χ3v) is 2.43. The molecule has 0 aliphatic heterocycles. The molecule has 5 heteroatoms. The van der Waals surface area contributed by atoms with Crippen LogP contribution in [-0.2, 0) is 0 Å². The van der Waals surface area contributed by atoms with Gasteiger partial charge in [0.25, 0.3) is 0 Å². The van der Waals surface area contributed by atoms with Gasteiger partial charge in [-0.3, -0.25) is 0 Å². The minimum atomic E-state index is -1.09. The van der Waals surface area contributed by atoms with Gasteiger partial charge in [-0.1, -0.05) is 29.3 Å². The quantitative estimate of drug-likeness (QED) is 0.872. The molecule has 0 spiro atoms. The van der Waals surface area contributed by atoms with Crippen LogP contribution in [0.4, 0.5) is 0 Å². The minimum absolute atomic E-state index is 0.0643. The van der Waals surface area contributed by atoms with E-state index in [1.165, 1.54) is 10.7 Å². The van der Waals surface area contributed by atoms with E-state index < -0.39 is 5.97 Å². The van der Waals surface area contributed by atoms with Crippen LogP contribution in [0.15, 0.2) is 30.3 Å². The molecule has 0 bridgehead atoms. The van der Waals surface area contributed by atoms with Crippen LogP contribution < -0.4 is 0 Å². The van der Waals surface area contributed by atoms with Crippen molar-refractivity contribution in [1.29, 1.82) is 0 Å². The summed E-state index contributed by atoms with van der Waals surface area (Å²) < 4.78 is 1.39. The molecule has 16 heavy (non-hydrogen) atoms. The number of aryl methyl sites for hydroxylation is 1. The Morgan fingerprint density at radius 3 is 2.50 bits per heavy atom. The SMILES string of the molecule is Cc1ccc(-n2nc(C(=O)O)cc2Cl)cc1. The van der Waals surface area contributed by atoms with Gasteiger partial charge in [0.1, 0.15) is 5.15 Å². The summed E-state index contributed by atoms with van der Waals surface area (Å²) in [5.41, 5.74) is 1.79. The molecule has 82 valence electrons. The summed E-state index contributed by atoms with van der Waals surface area (Å²) in [7, 11) is 0. The van der Waals surface area contributed by atoms with E-state index in [0.29, 0.717) is 0 Å². The molecule has 0 saturated carbocycles. The highest BCUT2D eigenvalue weighted by Gasteiger charge is 2.12. The third-order valence-electron chi connectivity index (χ3n) is 2.16. The first-order chi connectivity index (χ1) is 7.58. The van der Waals surface area contributed by atoms with Crippen molar-refractivity contribution in [3.63, 3.8) is 0 Å². The summed E-state index contributed by atoms with van der Waals surface area (Å²) in [5, 5.41) is 13.0. The molecule has 0 fully saturated rings. The van der Waals surface area contributed by atoms with Gasteiger partial charge in [-0.05, 0) is 19.1 Å². The number of hydrogen-bond donors (Lipinski definition) is 1. The number of rotatable bonds is 2. The zero-order valence-corrected chi connectivity index (χ0v) is 9.27. The number of nitrogens with zero attached hydrogens (tertiary/aromatic N) is 2. The van der Waals surface area contributed by atoms with Gasteiger partial charge in [0.15, 0.2) is 5.69 Å². The molecule has 0 saturated heterocycles. The summed E-state index contributed by atoms with van der Waals surface area (Å²) in [5.74, 6) is -1.09. The summed E-state index contributed by atoms with van der Waals surface area (Å²) in [6.07, 6.45) is 0. The monoisotopic (exact) mass is 236 g/mol. The van der Waals surface area contributed by atoms with E-state index in [-0.39, 0.29) is 10.8 Å². The first-order valence-electron chi connectivity index (χ1n) is 4.64. The Morgan fingerprint density at radius 1 is 1.38 bits per heavy atom. The van der Waals surface area contributed by atoms with E-state index >= 15 is 0 Å². The summed E-state index contributed by atoms with van der Waals surface area (Å²) in [6.45, 7) is 1.97. The highest BCUT2D eigenvalue weighted by atomic mass is 35.5. The molecule has 0 aliphatic carbocycles.